The number of anilines is 1. The van der Waals surface area contributed by atoms with Crippen LogP contribution in [0.2, 0.25) is 0 Å². The monoisotopic (exact) mass is 474 g/mol. The van der Waals surface area contributed by atoms with Crippen molar-refractivity contribution in [3.8, 4) is 0 Å². The van der Waals surface area contributed by atoms with Crippen molar-refractivity contribution in [3.63, 3.8) is 0 Å². The van der Waals surface area contributed by atoms with Gasteiger partial charge in [0, 0.05) is 32.2 Å². The number of rotatable bonds is 7. The lowest BCUT2D eigenvalue weighted by Crippen LogP contribution is -2.47. The number of benzene rings is 1. The van der Waals surface area contributed by atoms with E-state index >= 15 is 0 Å². The van der Waals surface area contributed by atoms with Gasteiger partial charge in [-0.15, -0.1) is 0 Å². The fourth-order valence-corrected chi connectivity index (χ4v) is 5.36. The topological polar surface area (TPSA) is 80.1 Å². The minimum absolute atomic E-state index is 0.0378. The Kier molecular flexibility index (Phi) is 7.61. The van der Waals surface area contributed by atoms with Gasteiger partial charge in [0.15, 0.2) is 17.7 Å². The number of halogens is 1. The molecule has 1 N–H and O–H groups in total. The normalized spacial score (nSPS) is 25.0. The number of hydrogen-bond acceptors (Lipinski definition) is 7. The molecule has 3 fully saturated rings. The molecule has 2 saturated heterocycles. The van der Waals surface area contributed by atoms with Gasteiger partial charge in [0.05, 0.1) is 25.0 Å². The average Bonchev–Trinajstić information content (AvgIpc) is 3.27. The van der Waals surface area contributed by atoms with Crippen LogP contribution in [-0.4, -0.2) is 74.2 Å². The lowest BCUT2D eigenvalue weighted by molar-refractivity contribution is -0.184. The molecule has 0 bridgehead atoms. The van der Waals surface area contributed by atoms with E-state index in [1.165, 1.54) is 18.6 Å². The summed E-state index contributed by atoms with van der Waals surface area (Å²) in [6, 6.07) is 4.82. The van der Waals surface area contributed by atoms with E-state index < -0.39 is 0 Å². The molecule has 0 unspecified atom stereocenters. The molecule has 34 heavy (non-hydrogen) atoms. The molecule has 1 aliphatic carbocycles. The quantitative estimate of drug-likeness (QED) is 0.660. The molecular formula is C25H35FN4O4. The number of ether oxygens (including phenoxy) is 2. The number of hydrogen-bond donors (Lipinski definition) is 1. The summed E-state index contributed by atoms with van der Waals surface area (Å²) >= 11 is 0. The summed E-state index contributed by atoms with van der Waals surface area (Å²) in [5.74, 6) is 1.24. The van der Waals surface area contributed by atoms with Gasteiger partial charge in [0.25, 0.3) is 0 Å². The van der Waals surface area contributed by atoms with E-state index in [2.05, 4.69) is 20.3 Å². The summed E-state index contributed by atoms with van der Waals surface area (Å²) in [6.07, 6.45) is 6.44. The molecule has 2 aliphatic heterocycles. The van der Waals surface area contributed by atoms with Crippen LogP contribution in [-0.2, 0) is 14.3 Å². The fourth-order valence-electron chi connectivity index (χ4n) is 5.36. The highest BCUT2D eigenvalue weighted by Gasteiger charge is 2.26. The Labute approximate surface area is 199 Å². The van der Waals surface area contributed by atoms with E-state index in [0.29, 0.717) is 25.2 Å². The molecule has 2 aromatic rings. The first-order valence-electron chi connectivity index (χ1n) is 12.7. The third-order valence-electron chi connectivity index (χ3n) is 7.40. The first-order valence-corrected chi connectivity index (χ1v) is 12.7. The van der Waals surface area contributed by atoms with Crippen LogP contribution in [0.5, 0.6) is 0 Å². The zero-order valence-electron chi connectivity index (χ0n) is 19.7. The van der Waals surface area contributed by atoms with Gasteiger partial charge in [-0.2, -0.15) is 0 Å². The molecule has 0 spiro atoms. The number of nitrogens with zero attached hydrogens (tertiary/aromatic N) is 3. The van der Waals surface area contributed by atoms with Crippen molar-refractivity contribution in [2.75, 3.05) is 50.8 Å². The number of nitrogens with one attached hydrogen (secondary N) is 1. The summed E-state index contributed by atoms with van der Waals surface area (Å²) in [5.41, 5.74) is 0.626. The van der Waals surface area contributed by atoms with E-state index in [1.807, 2.05) is 0 Å². The lowest BCUT2D eigenvalue weighted by Gasteiger charge is -2.36. The Hall–Kier alpha value is -2.23. The summed E-state index contributed by atoms with van der Waals surface area (Å²) in [6.45, 7) is 6.13. The van der Waals surface area contributed by atoms with Gasteiger partial charge in [-0.25, -0.2) is 4.39 Å². The summed E-state index contributed by atoms with van der Waals surface area (Å²) in [5, 5.41) is 8.11. The molecule has 0 atom stereocenters. The van der Waals surface area contributed by atoms with Gasteiger partial charge in [-0.3, -0.25) is 9.69 Å². The highest BCUT2D eigenvalue weighted by Crippen LogP contribution is 2.29. The molecule has 1 amide bonds. The van der Waals surface area contributed by atoms with Crippen molar-refractivity contribution < 1.29 is 23.2 Å². The van der Waals surface area contributed by atoms with Crippen LogP contribution in [0.1, 0.15) is 44.9 Å². The van der Waals surface area contributed by atoms with Gasteiger partial charge in [0.2, 0.25) is 5.91 Å². The van der Waals surface area contributed by atoms with Gasteiger partial charge < -0.3 is 24.2 Å². The lowest BCUT2D eigenvalue weighted by atomic mass is 9.84. The van der Waals surface area contributed by atoms with Crippen LogP contribution in [0.3, 0.4) is 0 Å². The molecule has 3 aliphatic rings. The maximum absolute atomic E-state index is 13.7. The number of piperazine rings is 1. The Morgan fingerprint density at radius 3 is 2.62 bits per heavy atom. The maximum Gasteiger partial charge on any atom is 0.225 e. The Morgan fingerprint density at radius 1 is 1.09 bits per heavy atom. The highest BCUT2D eigenvalue weighted by atomic mass is 19.1. The molecule has 186 valence electrons. The highest BCUT2D eigenvalue weighted by molar-refractivity contribution is 5.88. The van der Waals surface area contributed by atoms with Crippen molar-refractivity contribution in [2.45, 2.75) is 57.3 Å². The first-order chi connectivity index (χ1) is 16.6. The molecule has 9 heteroatoms. The van der Waals surface area contributed by atoms with Gasteiger partial charge >= 0.3 is 0 Å². The third-order valence-corrected chi connectivity index (χ3v) is 7.40. The van der Waals surface area contributed by atoms with Crippen LogP contribution in [0.25, 0.3) is 11.0 Å². The summed E-state index contributed by atoms with van der Waals surface area (Å²) in [7, 11) is 0. The van der Waals surface area contributed by atoms with E-state index in [4.69, 9.17) is 14.0 Å². The number of amides is 1. The Morgan fingerprint density at radius 2 is 1.85 bits per heavy atom. The van der Waals surface area contributed by atoms with Gasteiger partial charge in [-0.05, 0) is 69.2 Å². The van der Waals surface area contributed by atoms with Gasteiger partial charge in [-0.1, -0.05) is 5.16 Å². The smallest absolute Gasteiger partial charge is 0.225 e. The standard InChI is InChI=1S/C25H35FN4O4/c26-19-4-7-22-21(16-19)25(28-34-22)30-12-10-29(11-13-30)9-8-18-2-5-20(6-3-18)27-23(31)17-24-32-14-1-15-33-24/h4,7,16,18,20,24H,1-3,5-6,8-15,17H2,(H,27,31)/t18-,20-. The SMILES string of the molecule is O=C(CC1OCCCO1)N[C@H]1CC[C@H](CCN2CCN(c3noc4ccc(F)cc34)CC2)CC1. The van der Waals surface area contributed by atoms with Crippen molar-refractivity contribution in [1.29, 1.82) is 0 Å². The van der Waals surface area contributed by atoms with E-state index in [0.717, 1.165) is 81.9 Å². The van der Waals surface area contributed by atoms with E-state index in [1.54, 1.807) is 6.07 Å². The molecule has 1 aromatic heterocycles. The second-order valence-electron chi connectivity index (χ2n) is 9.78. The molecular weight excluding hydrogens is 439 g/mol. The molecule has 0 radical (unpaired) electrons. The average molecular weight is 475 g/mol. The number of fused-ring (bicyclic) bond motifs is 1. The zero-order valence-corrected chi connectivity index (χ0v) is 19.7. The number of aromatic nitrogens is 1. The van der Waals surface area contributed by atoms with Crippen molar-refractivity contribution in [1.82, 2.24) is 15.4 Å². The zero-order chi connectivity index (χ0) is 23.3. The van der Waals surface area contributed by atoms with Crippen molar-refractivity contribution >= 4 is 22.7 Å². The molecule has 1 saturated carbocycles. The predicted molar refractivity (Wildman–Crippen MR) is 126 cm³/mol. The van der Waals surface area contributed by atoms with Crippen molar-refractivity contribution in [3.05, 3.63) is 24.0 Å². The van der Waals surface area contributed by atoms with Crippen LogP contribution >= 0.6 is 0 Å². The molecule has 5 rings (SSSR count). The summed E-state index contributed by atoms with van der Waals surface area (Å²) < 4.78 is 30.0. The molecule has 3 heterocycles. The Bertz CT molecular complexity index is 948. The largest absolute Gasteiger partial charge is 0.354 e. The second kappa shape index (κ2) is 11.0. The number of carbonyl (C=O) groups is 1. The third kappa shape index (κ3) is 5.87. The second-order valence-corrected chi connectivity index (χ2v) is 9.78. The van der Waals surface area contributed by atoms with Crippen LogP contribution in [0.4, 0.5) is 10.2 Å². The van der Waals surface area contributed by atoms with Crippen LogP contribution in [0, 0.1) is 11.7 Å². The Balaban J connectivity index is 0.996. The molecule has 1 aromatic carbocycles. The maximum atomic E-state index is 13.7. The van der Waals surface area contributed by atoms with E-state index in [9.17, 15) is 9.18 Å². The minimum atomic E-state index is -0.380. The van der Waals surface area contributed by atoms with Crippen molar-refractivity contribution in [2.24, 2.45) is 5.92 Å². The number of carbonyl (C=O) groups excluding carboxylic acids is 1. The van der Waals surface area contributed by atoms with Crippen LogP contribution < -0.4 is 10.2 Å². The predicted octanol–water partition coefficient (Wildman–Crippen LogP) is 3.31. The van der Waals surface area contributed by atoms with E-state index in [-0.39, 0.29) is 24.1 Å². The fraction of sp³-hybridized carbons (Fsp3) is 0.680. The van der Waals surface area contributed by atoms with Crippen LogP contribution in [0.15, 0.2) is 22.7 Å². The van der Waals surface area contributed by atoms with Gasteiger partial charge in [0.1, 0.15) is 5.82 Å². The minimum Gasteiger partial charge on any atom is -0.354 e. The molecule has 8 nitrogen and oxygen atoms in total. The first kappa shape index (κ1) is 23.5. The summed E-state index contributed by atoms with van der Waals surface area (Å²) in [4.78, 5) is 17.0.